The Morgan fingerprint density at radius 2 is 2.12 bits per heavy atom. The topological polar surface area (TPSA) is 63.6 Å². The van der Waals surface area contributed by atoms with Crippen LogP contribution in [0.25, 0.3) is 0 Å². The van der Waals surface area contributed by atoms with Crippen LogP contribution in [0.4, 0.5) is 0 Å². The van der Waals surface area contributed by atoms with Crippen LogP contribution in [0, 0.1) is 0 Å². The summed E-state index contributed by atoms with van der Waals surface area (Å²) in [5.74, 6) is -0.876. The van der Waals surface area contributed by atoms with Gasteiger partial charge in [-0.05, 0) is 25.1 Å². The number of alkyl halides is 1. The molecule has 0 unspecified atom stereocenters. The molecule has 92 valence electrons. The minimum absolute atomic E-state index is 0.171. The van der Waals surface area contributed by atoms with Crippen LogP contribution < -0.4 is 0 Å². The number of ether oxygens (including phenoxy) is 1. The Balaban J connectivity index is 2.93. The van der Waals surface area contributed by atoms with E-state index in [9.17, 15) is 14.7 Å². The van der Waals surface area contributed by atoms with Crippen LogP contribution in [-0.2, 0) is 4.74 Å². The molecule has 0 amide bonds. The maximum atomic E-state index is 11.6. The van der Waals surface area contributed by atoms with Gasteiger partial charge in [0.25, 0.3) is 0 Å². The summed E-state index contributed by atoms with van der Waals surface area (Å²) < 4.78 is 4.79. The van der Waals surface area contributed by atoms with Gasteiger partial charge >= 0.3 is 5.97 Å². The molecule has 0 bridgehead atoms. The number of phenolic OH excluding ortho intramolecular Hbond substituents is 1. The number of carbonyl (C=O) groups excluding carboxylic acids is 2. The summed E-state index contributed by atoms with van der Waals surface area (Å²) in [6, 6.07) is 4.16. The van der Waals surface area contributed by atoms with E-state index in [-0.39, 0.29) is 29.3 Å². The van der Waals surface area contributed by atoms with E-state index < -0.39 is 5.97 Å². The number of hydrogen-bond acceptors (Lipinski definition) is 4. The van der Waals surface area contributed by atoms with E-state index in [1.165, 1.54) is 18.2 Å². The zero-order valence-corrected chi connectivity index (χ0v) is 11.0. The number of aromatic hydroxyl groups is 1. The predicted molar refractivity (Wildman–Crippen MR) is 66.8 cm³/mol. The zero-order chi connectivity index (χ0) is 12.8. The second-order valence-electron chi connectivity index (χ2n) is 3.31. The van der Waals surface area contributed by atoms with Crippen molar-refractivity contribution in [1.82, 2.24) is 0 Å². The Morgan fingerprint density at radius 1 is 1.41 bits per heavy atom. The molecule has 0 radical (unpaired) electrons. The quantitative estimate of drug-likeness (QED) is 0.516. The van der Waals surface area contributed by atoms with Crippen molar-refractivity contribution in [2.45, 2.75) is 13.3 Å². The van der Waals surface area contributed by atoms with E-state index in [0.717, 1.165) is 0 Å². The Labute approximate surface area is 108 Å². The molecule has 1 N–H and O–H groups in total. The van der Waals surface area contributed by atoms with Crippen molar-refractivity contribution in [3.63, 3.8) is 0 Å². The Kier molecular flexibility index (Phi) is 5.15. The molecule has 4 nitrogen and oxygen atoms in total. The van der Waals surface area contributed by atoms with Crippen LogP contribution in [0.15, 0.2) is 18.2 Å². The van der Waals surface area contributed by atoms with Crippen molar-refractivity contribution < 1.29 is 19.4 Å². The monoisotopic (exact) mass is 300 g/mol. The number of ketones is 1. The van der Waals surface area contributed by atoms with Crippen molar-refractivity contribution in [3.05, 3.63) is 29.3 Å². The molecule has 1 rings (SSSR count). The first-order chi connectivity index (χ1) is 8.10. The highest BCUT2D eigenvalue weighted by atomic mass is 79.9. The first-order valence-corrected chi connectivity index (χ1v) is 6.31. The lowest BCUT2D eigenvalue weighted by Gasteiger charge is -2.05. The van der Waals surface area contributed by atoms with Crippen molar-refractivity contribution in [3.8, 4) is 5.75 Å². The first kappa shape index (κ1) is 13.7. The van der Waals surface area contributed by atoms with Gasteiger partial charge in [-0.25, -0.2) is 4.79 Å². The summed E-state index contributed by atoms with van der Waals surface area (Å²) in [6.07, 6.45) is 0.298. The Morgan fingerprint density at radius 3 is 2.65 bits per heavy atom. The molecule has 0 aliphatic heterocycles. The highest BCUT2D eigenvalue weighted by Gasteiger charge is 2.14. The van der Waals surface area contributed by atoms with Crippen LogP contribution in [0.2, 0.25) is 0 Å². The molecular weight excluding hydrogens is 288 g/mol. The number of esters is 1. The highest BCUT2D eigenvalue weighted by Crippen LogP contribution is 2.21. The van der Waals surface area contributed by atoms with Gasteiger partial charge in [0.2, 0.25) is 0 Å². The molecule has 0 atom stereocenters. The van der Waals surface area contributed by atoms with Crippen molar-refractivity contribution >= 4 is 27.7 Å². The number of halogens is 1. The molecule has 5 heteroatoms. The van der Waals surface area contributed by atoms with Gasteiger partial charge in [0.1, 0.15) is 5.75 Å². The highest BCUT2D eigenvalue weighted by molar-refractivity contribution is 9.09. The smallest absolute Gasteiger partial charge is 0.338 e. The van der Waals surface area contributed by atoms with Gasteiger partial charge in [-0.1, -0.05) is 15.9 Å². The minimum atomic E-state index is -0.512. The van der Waals surface area contributed by atoms with Gasteiger partial charge in [-0.15, -0.1) is 0 Å². The Bertz CT molecular complexity index is 429. The number of carbonyl (C=O) groups is 2. The van der Waals surface area contributed by atoms with Crippen LogP contribution >= 0.6 is 15.9 Å². The van der Waals surface area contributed by atoms with Crippen LogP contribution in [0.3, 0.4) is 0 Å². The van der Waals surface area contributed by atoms with Gasteiger partial charge in [0.05, 0.1) is 17.7 Å². The molecule has 0 fully saturated rings. The summed E-state index contributed by atoms with van der Waals surface area (Å²) in [7, 11) is 0. The van der Waals surface area contributed by atoms with Crippen LogP contribution in [-0.4, -0.2) is 28.8 Å². The van der Waals surface area contributed by atoms with E-state index >= 15 is 0 Å². The molecule has 1 aromatic carbocycles. The van der Waals surface area contributed by atoms with Gasteiger partial charge in [-0.3, -0.25) is 4.79 Å². The average molecular weight is 301 g/mol. The van der Waals surface area contributed by atoms with E-state index in [0.29, 0.717) is 11.8 Å². The standard InChI is InChI=1S/C12H13BrO4/c1-2-17-12(16)8-3-4-9(11(15)7-8)10(14)5-6-13/h3-4,7,15H,2,5-6H2,1H3. The van der Waals surface area contributed by atoms with Gasteiger partial charge in [-0.2, -0.15) is 0 Å². The van der Waals surface area contributed by atoms with Crippen molar-refractivity contribution in [2.75, 3.05) is 11.9 Å². The molecular formula is C12H13BrO4. The molecule has 0 spiro atoms. The molecule has 0 saturated carbocycles. The molecule has 0 aromatic heterocycles. The number of Topliss-reactive ketones (excluding diaryl/α,β-unsaturated/α-hetero) is 1. The third-order valence-corrected chi connectivity index (χ3v) is 2.53. The number of phenols is 1. The molecule has 0 saturated heterocycles. The second-order valence-corrected chi connectivity index (χ2v) is 4.11. The van der Waals surface area contributed by atoms with E-state index in [1.54, 1.807) is 6.92 Å². The largest absolute Gasteiger partial charge is 0.507 e. The summed E-state index contributed by atoms with van der Waals surface area (Å²) in [6.45, 7) is 1.97. The average Bonchev–Trinajstić information content (AvgIpc) is 2.29. The summed E-state index contributed by atoms with van der Waals surface area (Å²) in [5, 5.41) is 10.2. The summed E-state index contributed by atoms with van der Waals surface area (Å²) in [5.41, 5.74) is 0.456. The third-order valence-electron chi connectivity index (χ3n) is 2.13. The third kappa shape index (κ3) is 3.56. The predicted octanol–water partition coefficient (Wildman–Crippen LogP) is 2.54. The molecule has 1 aromatic rings. The Hall–Kier alpha value is -1.36. The zero-order valence-electron chi connectivity index (χ0n) is 9.40. The summed E-state index contributed by atoms with van der Waals surface area (Å²) in [4.78, 5) is 22.9. The number of benzene rings is 1. The molecule has 17 heavy (non-hydrogen) atoms. The lowest BCUT2D eigenvalue weighted by molar-refractivity contribution is 0.0525. The SMILES string of the molecule is CCOC(=O)c1ccc(C(=O)CCBr)c(O)c1. The van der Waals surface area contributed by atoms with Crippen molar-refractivity contribution in [1.29, 1.82) is 0 Å². The molecule has 0 aliphatic carbocycles. The fraction of sp³-hybridized carbons (Fsp3) is 0.333. The van der Waals surface area contributed by atoms with Gasteiger partial charge in [0.15, 0.2) is 5.78 Å². The van der Waals surface area contributed by atoms with E-state index in [4.69, 9.17) is 4.74 Å². The number of rotatable bonds is 5. The van der Waals surface area contributed by atoms with Crippen LogP contribution in [0.5, 0.6) is 5.75 Å². The van der Waals surface area contributed by atoms with Crippen molar-refractivity contribution in [2.24, 2.45) is 0 Å². The van der Waals surface area contributed by atoms with E-state index in [2.05, 4.69) is 15.9 Å². The fourth-order valence-corrected chi connectivity index (χ4v) is 1.69. The van der Waals surface area contributed by atoms with Crippen LogP contribution in [0.1, 0.15) is 34.1 Å². The lowest BCUT2D eigenvalue weighted by atomic mass is 10.1. The van der Waals surface area contributed by atoms with Gasteiger partial charge in [0, 0.05) is 11.8 Å². The molecule has 0 heterocycles. The first-order valence-electron chi connectivity index (χ1n) is 5.19. The van der Waals surface area contributed by atoms with E-state index in [1.807, 2.05) is 0 Å². The van der Waals surface area contributed by atoms with Gasteiger partial charge < -0.3 is 9.84 Å². The number of hydrogen-bond donors (Lipinski definition) is 1. The molecule has 0 aliphatic rings. The summed E-state index contributed by atoms with van der Waals surface area (Å²) >= 11 is 3.15. The maximum Gasteiger partial charge on any atom is 0.338 e. The normalized spacial score (nSPS) is 10.0. The maximum absolute atomic E-state index is 11.6. The lowest BCUT2D eigenvalue weighted by Crippen LogP contribution is -2.06. The minimum Gasteiger partial charge on any atom is -0.507 e. The second kappa shape index (κ2) is 6.39. The fourth-order valence-electron chi connectivity index (χ4n) is 1.33.